The molecule has 1 aromatic rings. The fraction of sp³-hybridized carbons (Fsp3) is 0.600. The smallest absolute Gasteiger partial charge is 0.252 e. The summed E-state index contributed by atoms with van der Waals surface area (Å²) in [7, 11) is 1.71. The van der Waals surface area contributed by atoms with Crippen LogP contribution in [0.4, 0.5) is 4.39 Å². The molecule has 1 N–H and O–H groups in total. The highest BCUT2D eigenvalue weighted by atomic mass is 19.1. The van der Waals surface area contributed by atoms with Gasteiger partial charge in [-0.1, -0.05) is 0 Å². The Kier molecular flexibility index (Phi) is 6.07. The van der Waals surface area contributed by atoms with E-state index >= 15 is 0 Å². The van der Waals surface area contributed by atoms with Gasteiger partial charge >= 0.3 is 0 Å². The van der Waals surface area contributed by atoms with Crippen molar-refractivity contribution in [3.8, 4) is 0 Å². The summed E-state index contributed by atoms with van der Waals surface area (Å²) in [5.74, 6) is -0.300. The molecule has 1 aromatic heterocycles. The molecular weight excluding hydrogens is 273 g/mol. The lowest BCUT2D eigenvalue weighted by Crippen LogP contribution is -2.31. The zero-order valence-electron chi connectivity index (χ0n) is 12.3. The lowest BCUT2D eigenvalue weighted by Gasteiger charge is -2.16. The van der Waals surface area contributed by atoms with Gasteiger partial charge in [0.2, 0.25) is 0 Å². The van der Waals surface area contributed by atoms with Crippen LogP contribution in [-0.4, -0.2) is 55.7 Å². The fourth-order valence-electron chi connectivity index (χ4n) is 2.59. The van der Waals surface area contributed by atoms with E-state index in [-0.39, 0.29) is 11.5 Å². The molecule has 1 amide bonds. The van der Waals surface area contributed by atoms with E-state index in [2.05, 4.69) is 15.2 Å². The molecule has 21 heavy (non-hydrogen) atoms. The zero-order valence-corrected chi connectivity index (χ0v) is 12.3. The highest BCUT2D eigenvalue weighted by molar-refractivity contribution is 5.93. The van der Waals surface area contributed by atoms with Gasteiger partial charge in [0, 0.05) is 39.5 Å². The van der Waals surface area contributed by atoms with E-state index in [9.17, 15) is 9.18 Å². The summed E-state index contributed by atoms with van der Waals surface area (Å²) in [5, 5.41) is 2.86. The maximum absolute atomic E-state index is 13.0. The van der Waals surface area contributed by atoms with E-state index in [1.807, 2.05) is 0 Å². The number of amides is 1. The van der Waals surface area contributed by atoms with Crippen molar-refractivity contribution >= 4 is 5.91 Å². The SMILES string of the molecule is COCCCN1CCC(CNC(=O)c2cncc(F)c2)C1. The molecule has 1 aliphatic rings. The van der Waals surface area contributed by atoms with Crippen molar-refractivity contribution < 1.29 is 13.9 Å². The topological polar surface area (TPSA) is 54.5 Å². The lowest BCUT2D eigenvalue weighted by atomic mass is 10.1. The maximum atomic E-state index is 13.0. The number of likely N-dealkylation sites (tertiary alicyclic amines) is 1. The molecule has 0 bridgehead atoms. The number of hydrogen-bond donors (Lipinski definition) is 1. The summed E-state index contributed by atoms with van der Waals surface area (Å²) in [6.45, 7) is 4.49. The number of rotatable bonds is 7. The summed E-state index contributed by atoms with van der Waals surface area (Å²) in [6.07, 6.45) is 4.58. The van der Waals surface area contributed by atoms with Gasteiger partial charge in [0.15, 0.2) is 0 Å². The first kappa shape index (κ1) is 15.9. The number of ether oxygens (including phenoxy) is 1. The molecule has 1 saturated heterocycles. The predicted molar refractivity (Wildman–Crippen MR) is 77.6 cm³/mol. The third-order valence-corrected chi connectivity index (χ3v) is 3.71. The second-order valence-electron chi connectivity index (χ2n) is 5.40. The third kappa shape index (κ3) is 5.06. The number of carbonyl (C=O) groups is 1. The van der Waals surface area contributed by atoms with Crippen molar-refractivity contribution in [3.63, 3.8) is 0 Å². The van der Waals surface area contributed by atoms with Gasteiger partial charge < -0.3 is 15.0 Å². The number of methoxy groups -OCH3 is 1. The zero-order chi connectivity index (χ0) is 15.1. The Bertz CT molecular complexity index is 470. The molecule has 1 unspecified atom stereocenters. The lowest BCUT2D eigenvalue weighted by molar-refractivity contribution is 0.0946. The average molecular weight is 295 g/mol. The predicted octanol–water partition coefficient (Wildman–Crippen LogP) is 1.31. The van der Waals surface area contributed by atoms with E-state index in [4.69, 9.17) is 4.74 Å². The first-order chi connectivity index (χ1) is 10.2. The number of hydrogen-bond acceptors (Lipinski definition) is 4. The molecule has 6 heteroatoms. The summed E-state index contributed by atoms with van der Waals surface area (Å²) in [4.78, 5) is 18.0. The molecule has 0 aromatic carbocycles. The van der Waals surface area contributed by atoms with E-state index in [1.54, 1.807) is 7.11 Å². The molecule has 1 aliphatic heterocycles. The minimum atomic E-state index is -0.493. The van der Waals surface area contributed by atoms with Gasteiger partial charge in [0.1, 0.15) is 5.82 Å². The number of aromatic nitrogens is 1. The van der Waals surface area contributed by atoms with E-state index < -0.39 is 5.82 Å². The van der Waals surface area contributed by atoms with Gasteiger partial charge in [-0.2, -0.15) is 0 Å². The molecule has 116 valence electrons. The first-order valence-electron chi connectivity index (χ1n) is 7.29. The van der Waals surface area contributed by atoms with Gasteiger partial charge in [-0.15, -0.1) is 0 Å². The van der Waals surface area contributed by atoms with Crippen molar-refractivity contribution in [2.75, 3.05) is 39.9 Å². The van der Waals surface area contributed by atoms with Crippen LogP contribution in [-0.2, 0) is 4.74 Å². The maximum Gasteiger partial charge on any atom is 0.252 e. The van der Waals surface area contributed by atoms with Crippen LogP contribution in [0.5, 0.6) is 0 Å². The Labute approximate surface area is 124 Å². The van der Waals surface area contributed by atoms with E-state index in [0.717, 1.165) is 45.3 Å². The summed E-state index contributed by atoms with van der Waals surface area (Å²) < 4.78 is 18.1. The molecule has 0 aliphatic carbocycles. The van der Waals surface area contributed by atoms with Crippen molar-refractivity contribution in [2.24, 2.45) is 5.92 Å². The number of halogens is 1. The largest absolute Gasteiger partial charge is 0.385 e. The van der Waals surface area contributed by atoms with Crippen LogP contribution >= 0.6 is 0 Å². The Hall–Kier alpha value is -1.53. The van der Waals surface area contributed by atoms with Gasteiger partial charge in [-0.25, -0.2) is 4.39 Å². The molecule has 1 atom stereocenters. The van der Waals surface area contributed by atoms with Gasteiger partial charge in [0.25, 0.3) is 5.91 Å². The Morgan fingerprint density at radius 3 is 3.19 bits per heavy atom. The number of carbonyl (C=O) groups excluding carboxylic acids is 1. The van der Waals surface area contributed by atoms with Crippen LogP contribution in [0.3, 0.4) is 0 Å². The highest BCUT2D eigenvalue weighted by Crippen LogP contribution is 2.15. The molecule has 2 rings (SSSR count). The fourth-order valence-corrected chi connectivity index (χ4v) is 2.59. The van der Waals surface area contributed by atoms with Crippen LogP contribution in [0.2, 0.25) is 0 Å². The molecule has 1 fully saturated rings. The van der Waals surface area contributed by atoms with Gasteiger partial charge in [0.05, 0.1) is 11.8 Å². The number of nitrogens with one attached hydrogen (secondary N) is 1. The van der Waals surface area contributed by atoms with E-state index in [0.29, 0.717) is 12.5 Å². The second kappa shape index (κ2) is 8.05. The van der Waals surface area contributed by atoms with Crippen LogP contribution < -0.4 is 5.32 Å². The molecule has 0 saturated carbocycles. The normalized spacial score (nSPS) is 18.9. The second-order valence-corrected chi connectivity index (χ2v) is 5.40. The van der Waals surface area contributed by atoms with Crippen molar-refractivity contribution in [3.05, 3.63) is 29.8 Å². The highest BCUT2D eigenvalue weighted by Gasteiger charge is 2.22. The minimum absolute atomic E-state index is 0.264. The molecule has 0 radical (unpaired) electrons. The van der Waals surface area contributed by atoms with Gasteiger partial charge in [-0.3, -0.25) is 9.78 Å². The van der Waals surface area contributed by atoms with Crippen LogP contribution in [0, 0.1) is 11.7 Å². The third-order valence-electron chi connectivity index (χ3n) is 3.71. The Morgan fingerprint density at radius 2 is 2.43 bits per heavy atom. The Morgan fingerprint density at radius 1 is 1.57 bits per heavy atom. The first-order valence-corrected chi connectivity index (χ1v) is 7.29. The van der Waals surface area contributed by atoms with Gasteiger partial charge in [-0.05, 0) is 31.4 Å². The van der Waals surface area contributed by atoms with Crippen molar-refractivity contribution in [2.45, 2.75) is 12.8 Å². The molecule has 0 spiro atoms. The minimum Gasteiger partial charge on any atom is -0.385 e. The summed E-state index contributed by atoms with van der Waals surface area (Å²) in [5.41, 5.74) is 0.268. The van der Waals surface area contributed by atoms with Crippen LogP contribution in [0.15, 0.2) is 18.5 Å². The van der Waals surface area contributed by atoms with Crippen LogP contribution in [0.25, 0.3) is 0 Å². The van der Waals surface area contributed by atoms with E-state index in [1.165, 1.54) is 12.3 Å². The Balaban J connectivity index is 1.70. The molecule has 2 heterocycles. The molecular formula is C15H22FN3O2. The standard InChI is InChI=1S/C15H22FN3O2/c1-21-6-2-4-19-5-3-12(11-19)8-18-15(20)13-7-14(16)10-17-9-13/h7,9-10,12H,2-6,8,11H2,1H3,(H,18,20). The summed E-state index contributed by atoms with van der Waals surface area (Å²) >= 11 is 0. The number of pyridine rings is 1. The number of nitrogens with zero attached hydrogens (tertiary/aromatic N) is 2. The van der Waals surface area contributed by atoms with Crippen LogP contribution in [0.1, 0.15) is 23.2 Å². The van der Waals surface area contributed by atoms with Crippen molar-refractivity contribution in [1.29, 1.82) is 0 Å². The van der Waals surface area contributed by atoms with Crippen molar-refractivity contribution in [1.82, 2.24) is 15.2 Å². The average Bonchev–Trinajstić information content (AvgIpc) is 2.93. The molecule has 5 nitrogen and oxygen atoms in total. The monoisotopic (exact) mass is 295 g/mol. The summed E-state index contributed by atoms with van der Waals surface area (Å²) in [6, 6.07) is 1.20. The quantitative estimate of drug-likeness (QED) is 0.771.